The molecule has 1 aromatic heterocycles. The van der Waals surface area contributed by atoms with Gasteiger partial charge in [0.1, 0.15) is 11.3 Å². The molecule has 23 heavy (non-hydrogen) atoms. The molecule has 0 saturated carbocycles. The summed E-state index contributed by atoms with van der Waals surface area (Å²) < 4.78 is 10.9. The van der Waals surface area contributed by atoms with Crippen LogP contribution in [0.3, 0.4) is 0 Å². The van der Waals surface area contributed by atoms with Gasteiger partial charge in [-0.25, -0.2) is 4.79 Å². The molecular weight excluding hydrogens is 288 g/mol. The van der Waals surface area contributed by atoms with Crippen LogP contribution in [0.25, 0.3) is 11.0 Å². The smallest absolute Gasteiger partial charge is 0.340 e. The predicted octanol–water partition coefficient (Wildman–Crippen LogP) is 4.77. The maximum atomic E-state index is 12.3. The zero-order valence-corrected chi connectivity index (χ0v) is 14.5. The molecule has 1 heterocycles. The molecular formula is C20H24O3. The molecule has 0 aliphatic carbocycles. The third-order valence-electron chi connectivity index (χ3n) is 4.07. The van der Waals surface area contributed by atoms with Crippen LogP contribution in [0.4, 0.5) is 0 Å². The second-order valence-electron chi connectivity index (χ2n) is 6.56. The van der Waals surface area contributed by atoms with Gasteiger partial charge in [0.05, 0.1) is 7.11 Å². The Balaban J connectivity index is 2.67. The Hall–Kier alpha value is -2.29. The van der Waals surface area contributed by atoms with Gasteiger partial charge in [-0.05, 0) is 38.0 Å². The maximum absolute atomic E-state index is 12.3. The second kappa shape index (κ2) is 6.45. The van der Waals surface area contributed by atoms with Crippen LogP contribution in [0.2, 0.25) is 0 Å². The number of rotatable bonds is 5. The predicted molar refractivity (Wildman–Crippen MR) is 95.4 cm³/mol. The molecule has 0 aliphatic heterocycles. The van der Waals surface area contributed by atoms with Crippen molar-refractivity contribution in [1.29, 1.82) is 0 Å². The zero-order chi connectivity index (χ0) is 17.2. The number of benzene rings is 1. The summed E-state index contributed by atoms with van der Waals surface area (Å²) in [6.07, 6.45) is 4.69. The van der Waals surface area contributed by atoms with E-state index < -0.39 is 5.41 Å². The average molecular weight is 312 g/mol. The third kappa shape index (κ3) is 3.55. The van der Waals surface area contributed by atoms with Gasteiger partial charge in [0.2, 0.25) is 0 Å². The molecule has 0 amide bonds. The fourth-order valence-corrected chi connectivity index (χ4v) is 2.42. The van der Waals surface area contributed by atoms with Crippen LogP contribution >= 0.6 is 0 Å². The number of hydrogen-bond donors (Lipinski definition) is 0. The van der Waals surface area contributed by atoms with Gasteiger partial charge in [-0.3, -0.25) is 0 Å². The van der Waals surface area contributed by atoms with Crippen LogP contribution in [0, 0.1) is 0 Å². The SMILES string of the molecule is C=CC(C)(C)c1cc2cc(CC=C(C)C)c(OC)cc2oc1=O. The Morgan fingerprint density at radius 1 is 1.30 bits per heavy atom. The summed E-state index contributed by atoms with van der Waals surface area (Å²) in [6.45, 7) is 11.8. The maximum Gasteiger partial charge on any atom is 0.340 e. The van der Waals surface area contributed by atoms with Crippen molar-refractivity contribution in [2.45, 2.75) is 39.5 Å². The molecule has 0 bridgehead atoms. The topological polar surface area (TPSA) is 39.4 Å². The Morgan fingerprint density at radius 3 is 2.57 bits per heavy atom. The van der Waals surface area contributed by atoms with Gasteiger partial charge in [0.15, 0.2) is 0 Å². The lowest BCUT2D eigenvalue weighted by molar-refractivity contribution is 0.409. The van der Waals surface area contributed by atoms with Crippen LogP contribution in [-0.4, -0.2) is 7.11 Å². The van der Waals surface area contributed by atoms with Crippen molar-refractivity contribution in [3.63, 3.8) is 0 Å². The zero-order valence-electron chi connectivity index (χ0n) is 14.5. The summed E-state index contributed by atoms with van der Waals surface area (Å²) in [5.74, 6) is 0.730. The van der Waals surface area contributed by atoms with Gasteiger partial charge in [-0.15, -0.1) is 6.58 Å². The van der Waals surface area contributed by atoms with Gasteiger partial charge in [0.25, 0.3) is 0 Å². The lowest BCUT2D eigenvalue weighted by Gasteiger charge is -2.19. The highest BCUT2D eigenvalue weighted by atomic mass is 16.5. The first-order valence-electron chi connectivity index (χ1n) is 7.70. The highest BCUT2D eigenvalue weighted by molar-refractivity contribution is 5.80. The van der Waals surface area contributed by atoms with E-state index in [-0.39, 0.29) is 5.63 Å². The normalized spacial score (nSPS) is 11.3. The van der Waals surface area contributed by atoms with Crippen molar-refractivity contribution in [1.82, 2.24) is 0 Å². The summed E-state index contributed by atoms with van der Waals surface area (Å²) in [4.78, 5) is 12.3. The lowest BCUT2D eigenvalue weighted by Crippen LogP contribution is -2.22. The van der Waals surface area contributed by atoms with E-state index in [1.54, 1.807) is 19.3 Å². The van der Waals surface area contributed by atoms with E-state index in [0.29, 0.717) is 11.1 Å². The highest BCUT2D eigenvalue weighted by Gasteiger charge is 2.22. The van der Waals surface area contributed by atoms with Crippen molar-refractivity contribution in [3.05, 3.63) is 64.1 Å². The van der Waals surface area contributed by atoms with Gasteiger partial charge in [-0.2, -0.15) is 0 Å². The quantitative estimate of drug-likeness (QED) is 0.589. The van der Waals surface area contributed by atoms with Crippen LogP contribution in [0.15, 0.2) is 51.7 Å². The molecule has 0 radical (unpaired) electrons. The Labute approximate surface area is 137 Å². The van der Waals surface area contributed by atoms with E-state index in [1.165, 1.54) is 5.57 Å². The molecule has 0 fully saturated rings. The van der Waals surface area contributed by atoms with E-state index in [2.05, 4.69) is 26.5 Å². The van der Waals surface area contributed by atoms with E-state index in [0.717, 1.165) is 23.1 Å². The van der Waals surface area contributed by atoms with Gasteiger partial charge in [-0.1, -0.05) is 31.6 Å². The molecule has 0 aliphatic rings. The van der Waals surface area contributed by atoms with E-state index in [9.17, 15) is 4.79 Å². The Kier molecular flexibility index (Phi) is 4.79. The summed E-state index contributed by atoms with van der Waals surface area (Å²) in [6, 6.07) is 5.71. The van der Waals surface area contributed by atoms with Crippen molar-refractivity contribution in [3.8, 4) is 5.75 Å². The summed E-state index contributed by atoms with van der Waals surface area (Å²) in [7, 11) is 1.63. The van der Waals surface area contributed by atoms with Crippen molar-refractivity contribution in [2.75, 3.05) is 7.11 Å². The molecule has 0 saturated heterocycles. The molecule has 2 aromatic rings. The van der Waals surface area contributed by atoms with Gasteiger partial charge in [0, 0.05) is 22.4 Å². The molecule has 3 nitrogen and oxygen atoms in total. The van der Waals surface area contributed by atoms with E-state index in [4.69, 9.17) is 9.15 Å². The molecule has 1 aromatic carbocycles. The summed E-state index contributed by atoms with van der Waals surface area (Å²) in [5.41, 5.74) is 2.70. The standard InChI is InChI=1S/C20H24O3/c1-7-20(4,5)16-11-15-10-14(9-8-13(2)3)17(22-6)12-18(15)23-19(16)21/h7-8,10-12H,1,9H2,2-6H3. The first-order valence-corrected chi connectivity index (χ1v) is 7.70. The van der Waals surface area contributed by atoms with Crippen LogP contribution in [0.5, 0.6) is 5.75 Å². The Morgan fingerprint density at radius 2 is 2.00 bits per heavy atom. The molecule has 0 spiro atoms. The summed E-state index contributed by atoms with van der Waals surface area (Å²) >= 11 is 0. The van der Waals surface area contributed by atoms with Crippen LogP contribution < -0.4 is 10.4 Å². The summed E-state index contributed by atoms with van der Waals surface area (Å²) in [5, 5.41) is 0.896. The fraction of sp³-hybridized carbons (Fsp3) is 0.350. The number of ether oxygens (including phenoxy) is 1. The number of methoxy groups -OCH3 is 1. The minimum atomic E-state index is -0.436. The first kappa shape index (κ1) is 17.1. The minimum Gasteiger partial charge on any atom is -0.496 e. The highest BCUT2D eigenvalue weighted by Crippen LogP contribution is 2.29. The molecule has 3 heteroatoms. The molecule has 0 atom stereocenters. The van der Waals surface area contributed by atoms with E-state index in [1.807, 2.05) is 26.0 Å². The van der Waals surface area contributed by atoms with Crippen LogP contribution in [0.1, 0.15) is 38.8 Å². The number of hydrogen-bond acceptors (Lipinski definition) is 3. The monoisotopic (exact) mass is 312 g/mol. The van der Waals surface area contributed by atoms with E-state index >= 15 is 0 Å². The second-order valence-corrected chi connectivity index (χ2v) is 6.56. The van der Waals surface area contributed by atoms with Crippen molar-refractivity contribution >= 4 is 11.0 Å². The third-order valence-corrected chi connectivity index (χ3v) is 4.07. The molecule has 2 rings (SSSR count). The largest absolute Gasteiger partial charge is 0.496 e. The van der Waals surface area contributed by atoms with Gasteiger partial charge >= 0.3 is 5.63 Å². The average Bonchev–Trinajstić information content (AvgIpc) is 2.51. The Bertz CT molecular complexity index is 819. The lowest BCUT2D eigenvalue weighted by atomic mass is 9.85. The molecule has 122 valence electrons. The molecule has 0 unspecified atom stereocenters. The van der Waals surface area contributed by atoms with Crippen molar-refractivity contribution in [2.24, 2.45) is 0 Å². The van der Waals surface area contributed by atoms with Crippen molar-refractivity contribution < 1.29 is 9.15 Å². The number of fused-ring (bicyclic) bond motifs is 1. The first-order chi connectivity index (χ1) is 10.8. The van der Waals surface area contributed by atoms with Gasteiger partial charge < -0.3 is 9.15 Å². The minimum absolute atomic E-state index is 0.332. The van der Waals surface area contributed by atoms with Crippen LogP contribution in [-0.2, 0) is 11.8 Å². The fourth-order valence-electron chi connectivity index (χ4n) is 2.42. The number of allylic oxidation sites excluding steroid dienone is 3. The molecule has 0 N–H and O–H groups in total.